The molecule has 2 aromatic rings. The molecule has 7 heteroatoms. The number of nitrogens with two attached hydrogens (primary N) is 1. The number of non-ortho nitro benzene ring substituents is 1. The number of nitro groups is 1. The van der Waals surface area contributed by atoms with Crippen molar-refractivity contribution in [2.45, 2.75) is 0 Å². The zero-order valence-electron chi connectivity index (χ0n) is 10.2. The highest BCUT2D eigenvalue weighted by atomic mass is 19.1. The molecule has 0 aliphatic rings. The van der Waals surface area contributed by atoms with E-state index >= 15 is 0 Å². The Hall–Kier alpha value is -2.96. The number of hydrogen-bond donors (Lipinski definition) is 2. The fraction of sp³-hybridized carbons (Fsp3) is 0. The average molecular weight is 275 g/mol. The van der Waals surface area contributed by atoms with Gasteiger partial charge in [0.2, 0.25) is 0 Å². The maximum Gasteiger partial charge on any atom is 0.273 e. The lowest BCUT2D eigenvalue weighted by molar-refractivity contribution is -0.384. The summed E-state index contributed by atoms with van der Waals surface area (Å²) in [6.07, 6.45) is 0. The normalized spacial score (nSPS) is 10.1. The monoisotopic (exact) mass is 275 g/mol. The minimum atomic E-state index is -0.554. The molecule has 0 atom stereocenters. The molecule has 0 aromatic heterocycles. The number of nitro benzene ring substituents is 1. The van der Waals surface area contributed by atoms with Gasteiger partial charge < -0.3 is 10.5 Å². The molecule has 102 valence electrons. The van der Waals surface area contributed by atoms with E-state index in [4.69, 9.17) is 15.9 Å². The van der Waals surface area contributed by atoms with Gasteiger partial charge in [-0.3, -0.25) is 15.5 Å². The molecule has 0 radical (unpaired) electrons. The molecule has 0 fully saturated rings. The van der Waals surface area contributed by atoms with Crippen molar-refractivity contribution in [1.82, 2.24) is 0 Å². The number of ether oxygens (including phenoxy) is 1. The highest BCUT2D eigenvalue weighted by Crippen LogP contribution is 2.28. The van der Waals surface area contributed by atoms with Crippen LogP contribution in [0.2, 0.25) is 0 Å². The molecule has 0 saturated heterocycles. The Kier molecular flexibility index (Phi) is 3.60. The molecule has 0 heterocycles. The fourth-order valence-corrected chi connectivity index (χ4v) is 1.59. The van der Waals surface area contributed by atoms with Gasteiger partial charge in [0.1, 0.15) is 23.2 Å². The predicted octanol–water partition coefficient (Wildman–Crippen LogP) is 2.81. The van der Waals surface area contributed by atoms with Gasteiger partial charge in [0, 0.05) is 6.07 Å². The Labute approximate surface area is 113 Å². The van der Waals surface area contributed by atoms with Crippen LogP contribution in [0.15, 0.2) is 42.5 Å². The summed E-state index contributed by atoms with van der Waals surface area (Å²) in [5, 5.41) is 18.0. The molecule has 3 N–H and O–H groups in total. The summed E-state index contributed by atoms with van der Waals surface area (Å²) in [4.78, 5) is 10.1. The van der Waals surface area contributed by atoms with E-state index in [1.54, 1.807) is 0 Å². The first kappa shape index (κ1) is 13.5. The number of nitrogens with one attached hydrogen (secondary N) is 1. The summed E-state index contributed by atoms with van der Waals surface area (Å²) in [5.41, 5.74) is 5.29. The molecule has 0 bridgehead atoms. The van der Waals surface area contributed by atoms with Crippen LogP contribution in [0.1, 0.15) is 5.56 Å². The van der Waals surface area contributed by atoms with Gasteiger partial charge in [-0.1, -0.05) is 6.07 Å². The van der Waals surface area contributed by atoms with Crippen LogP contribution in [-0.2, 0) is 0 Å². The average Bonchev–Trinajstić information content (AvgIpc) is 2.41. The molecule has 2 rings (SSSR count). The summed E-state index contributed by atoms with van der Waals surface area (Å²) in [6, 6.07) is 9.06. The van der Waals surface area contributed by atoms with Crippen LogP contribution in [0.5, 0.6) is 11.5 Å². The van der Waals surface area contributed by atoms with E-state index in [2.05, 4.69) is 0 Å². The molecule has 0 aliphatic carbocycles. The minimum Gasteiger partial charge on any atom is -0.456 e. The maximum atomic E-state index is 13.1. The molecule has 0 aliphatic heterocycles. The summed E-state index contributed by atoms with van der Waals surface area (Å²) >= 11 is 0. The lowest BCUT2D eigenvalue weighted by Crippen LogP contribution is -2.12. The number of rotatable bonds is 4. The number of benzene rings is 2. The lowest BCUT2D eigenvalue weighted by Gasteiger charge is -2.10. The predicted molar refractivity (Wildman–Crippen MR) is 70.6 cm³/mol. The lowest BCUT2D eigenvalue weighted by atomic mass is 10.2. The van der Waals surface area contributed by atoms with Crippen molar-refractivity contribution < 1.29 is 14.1 Å². The maximum absolute atomic E-state index is 13.1. The Morgan fingerprint density at radius 2 is 2.05 bits per heavy atom. The summed E-state index contributed by atoms with van der Waals surface area (Å²) in [5.74, 6) is -0.556. The van der Waals surface area contributed by atoms with Crippen LogP contribution in [0.4, 0.5) is 10.1 Å². The van der Waals surface area contributed by atoms with E-state index < -0.39 is 10.7 Å². The topological polar surface area (TPSA) is 102 Å². The van der Waals surface area contributed by atoms with Crippen LogP contribution in [0, 0.1) is 21.3 Å². The van der Waals surface area contributed by atoms with Gasteiger partial charge in [-0.25, -0.2) is 4.39 Å². The van der Waals surface area contributed by atoms with Gasteiger partial charge in [0.25, 0.3) is 5.69 Å². The van der Waals surface area contributed by atoms with Gasteiger partial charge in [0.05, 0.1) is 16.6 Å². The third kappa shape index (κ3) is 2.89. The van der Waals surface area contributed by atoms with Crippen molar-refractivity contribution in [3.05, 3.63) is 64.0 Å². The van der Waals surface area contributed by atoms with Crippen LogP contribution < -0.4 is 10.5 Å². The van der Waals surface area contributed by atoms with Crippen molar-refractivity contribution in [3.8, 4) is 11.5 Å². The number of hydrogen-bond acceptors (Lipinski definition) is 4. The standard InChI is InChI=1S/C13H10FN3O3/c14-8-4-5-12(11(6-8)13(15)16)20-10-3-1-2-9(7-10)17(18)19/h1-7H,(H3,15,16). The van der Waals surface area contributed by atoms with Gasteiger partial charge in [-0.15, -0.1) is 0 Å². The van der Waals surface area contributed by atoms with Gasteiger partial charge in [-0.2, -0.15) is 0 Å². The highest BCUT2D eigenvalue weighted by molar-refractivity contribution is 5.97. The van der Waals surface area contributed by atoms with E-state index in [1.165, 1.54) is 30.3 Å². The molecule has 2 aromatic carbocycles. The SMILES string of the molecule is N=C(N)c1cc(F)ccc1Oc1cccc([N+](=O)[O-])c1. The molecular formula is C13H10FN3O3. The van der Waals surface area contributed by atoms with Gasteiger partial charge >= 0.3 is 0 Å². The van der Waals surface area contributed by atoms with Gasteiger partial charge in [-0.05, 0) is 24.3 Å². The van der Waals surface area contributed by atoms with E-state index in [1.807, 2.05) is 0 Å². The van der Waals surface area contributed by atoms with E-state index in [-0.39, 0.29) is 28.6 Å². The van der Waals surface area contributed by atoms with E-state index in [0.717, 1.165) is 12.1 Å². The molecule has 0 spiro atoms. The number of nitrogen functional groups attached to an aromatic ring is 1. The third-order valence-corrected chi connectivity index (χ3v) is 2.49. The minimum absolute atomic E-state index is 0.0801. The Bertz CT molecular complexity index is 688. The summed E-state index contributed by atoms with van der Waals surface area (Å²) in [6.45, 7) is 0. The summed E-state index contributed by atoms with van der Waals surface area (Å²) < 4.78 is 18.5. The van der Waals surface area contributed by atoms with Gasteiger partial charge in [0.15, 0.2) is 0 Å². The number of nitrogens with zero attached hydrogens (tertiary/aromatic N) is 1. The molecule has 0 saturated carbocycles. The quantitative estimate of drug-likeness (QED) is 0.387. The Morgan fingerprint density at radius 1 is 1.30 bits per heavy atom. The molecular weight excluding hydrogens is 265 g/mol. The van der Waals surface area contributed by atoms with E-state index in [0.29, 0.717) is 0 Å². The molecule has 6 nitrogen and oxygen atoms in total. The molecule has 0 unspecified atom stereocenters. The fourth-order valence-electron chi connectivity index (χ4n) is 1.59. The van der Waals surface area contributed by atoms with Crippen molar-refractivity contribution in [2.75, 3.05) is 0 Å². The van der Waals surface area contributed by atoms with Crippen LogP contribution >= 0.6 is 0 Å². The van der Waals surface area contributed by atoms with Crippen LogP contribution in [0.3, 0.4) is 0 Å². The largest absolute Gasteiger partial charge is 0.456 e. The third-order valence-electron chi connectivity index (χ3n) is 2.49. The van der Waals surface area contributed by atoms with Crippen molar-refractivity contribution >= 4 is 11.5 Å². The van der Waals surface area contributed by atoms with Crippen molar-refractivity contribution in [3.63, 3.8) is 0 Å². The first-order valence-electron chi connectivity index (χ1n) is 5.53. The van der Waals surface area contributed by atoms with Crippen molar-refractivity contribution in [1.29, 1.82) is 5.41 Å². The van der Waals surface area contributed by atoms with Crippen LogP contribution in [0.25, 0.3) is 0 Å². The molecule has 20 heavy (non-hydrogen) atoms. The first-order chi connectivity index (χ1) is 9.47. The second-order valence-corrected chi connectivity index (χ2v) is 3.91. The zero-order valence-corrected chi connectivity index (χ0v) is 10.2. The second kappa shape index (κ2) is 5.35. The van der Waals surface area contributed by atoms with Crippen molar-refractivity contribution in [2.24, 2.45) is 5.73 Å². The Balaban J connectivity index is 2.37. The number of amidine groups is 1. The van der Waals surface area contributed by atoms with Crippen LogP contribution in [-0.4, -0.2) is 10.8 Å². The number of halogens is 1. The molecule has 0 amide bonds. The second-order valence-electron chi connectivity index (χ2n) is 3.91. The first-order valence-corrected chi connectivity index (χ1v) is 5.53. The van der Waals surface area contributed by atoms with E-state index in [9.17, 15) is 14.5 Å². The smallest absolute Gasteiger partial charge is 0.273 e. The Morgan fingerprint density at radius 3 is 2.70 bits per heavy atom. The highest BCUT2D eigenvalue weighted by Gasteiger charge is 2.11. The zero-order chi connectivity index (χ0) is 14.7. The summed E-state index contributed by atoms with van der Waals surface area (Å²) in [7, 11) is 0.